The molecule has 0 fully saturated rings. The number of unbranched alkanes of at least 4 members (excludes halogenated alkanes) is 11. The smallest absolute Gasteiger partial charge is 0.307 e. The van der Waals surface area contributed by atoms with Gasteiger partial charge in [0, 0.05) is 0 Å². The van der Waals surface area contributed by atoms with Gasteiger partial charge in [0.05, 0.1) is 11.3 Å². The van der Waals surface area contributed by atoms with Crippen molar-refractivity contribution >= 4 is 0 Å². The zero-order valence-corrected chi connectivity index (χ0v) is 12.9. The summed E-state index contributed by atoms with van der Waals surface area (Å²) in [6, 6.07) is 0. The van der Waals surface area contributed by atoms with Crippen molar-refractivity contribution in [3.8, 4) is 0 Å². The van der Waals surface area contributed by atoms with Gasteiger partial charge in [-0.05, 0) is 6.42 Å². The summed E-state index contributed by atoms with van der Waals surface area (Å²) in [7, 11) is 0. The highest BCUT2D eigenvalue weighted by Gasteiger charge is 2.36. The van der Waals surface area contributed by atoms with Crippen LogP contribution < -0.4 is 0 Å². The molecule has 0 aliphatic carbocycles. The molecule has 0 bridgehead atoms. The first-order valence-corrected chi connectivity index (χ1v) is 8.10. The summed E-state index contributed by atoms with van der Waals surface area (Å²) in [4.78, 5) is 9.22. The third-order valence-electron chi connectivity index (χ3n) is 3.66. The fourth-order valence-electron chi connectivity index (χ4n) is 2.29. The number of aliphatic hydroxyl groups is 2. The molecule has 0 aliphatic rings. The van der Waals surface area contributed by atoms with Gasteiger partial charge in [0.2, 0.25) is 0 Å². The topological polar surface area (TPSA) is 83.6 Å². The molecule has 120 valence electrons. The molecular weight excluding hydrogens is 258 g/mol. The van der Waals surface area contributed by atoms with Crippen LogP contribution in [0.25, 0.3) is 0 Å². The minimum Gasteiger partial charge on any atom is -0.307 e. The van der Waals surface area contributed by atoms with Crippen molar-refractivity contribution in [1.29, 1.82) is 0 Å². The molecule has 0 atom stereocenters. The Balaban J connectivity index is 3.19. The van der Waals surface area contributed by atoms with E-state index in [0.29, 0.717) is 6.42 Å². The zero-order chi connectivity index (χ0) is 15.3. The molecule has 0 spiro atoms. The largest absolute Gasteiger partial charge is 0.437 e. The second-order valence-electron chi connectivity index (χ2n) is 5.67. The Hall–Kier alpha value is -0.680. The lowest BCUT2D eigenvalue weighted by Crippen LogP contribution is -2.37. The molecular formula is C15H31NO4. The van der Waals surface area contributed by atoms with Gasteiger partial charge in [-0.25, -0.2) is 0 Å². The Labute approximate surface area is 122 Å². The zero-order valence-electron chi connectivity index (χ0n) is 12.9. The Kier molecular flexibility index (Phi) is 11.7. The third-order valence-corrected chi connectivity index (χ3v) is 3.66. The molecule has 0 aromatic rings. The molecule has 0 aromatic carbocycles. The maximum atomic E-state index is 10.3. The Morgan fingerprint density at radius 2 is 1.15 bits per heavy atom. The van der Waals surface area contributed by atoms with E-state index in [0.717, 1.165) is 19.3 Å². The highest BCUT2D eigenvalue weighted by Crippen LogP contribution is 2.15. The first kappa shape index (κ1) is 19.3. The van der Waals surface area contributed by atoms with Crippen molar-refractivity contribution in [2.75, 3.05) is 0 Å². The summed E-state index contributed by atoms with van der Waals surface area (Å²) in [5.41, 5.74) is 0. The van der Waals surface area contributed by atoms with E-state index in [1.54, 1.807) is 0 Å². The molecule has 2 N–H and O–H groups in total. The van der Waals surface area contributed by atoms with Crippen LogP contribution in [0.5, 0.6) is 0 Å². The Bertz CT molecular complexity index is 244. The molecule has 5 heteroatoms. The average molecular weight is 289 g/mol. The van der Waals surface area contributed by atoms with Crippen molar-refractivity contribution in [2.24, 2.45) is 0 Å². The lowest BCUT2D eigenvalue weighted by molar-refractivity contribution is -0.684. The van der Waals surface area contributed by atoms with Crippen molar-refractivity contribution in [1.82, 2.24) is 0 Å². The van der Waals surface area contributed by atoms with Gasteiger partial charge in [-0.2, -0.15) is 0 Å². The molecule has 0 aromatic heterocycles. The van der Waals surface area contributed by atoms with Crippen LogP contribution in [0, 0.1) is 10.1 Å². The van der Waals surface area contributed by atoms with E-state index in [1.807, 2.05) is 0 Å². The van der Waals surface area contributed by atoms with Gasteiger partial charge < -0.3 is 10.2 Å². The molecule has 0 radical (unpaired) electrons. The summed E-state index contributed by atoms with van der Waals surface area (Å²) in [6.07, 6.45) is 13.8. The summed E-state index contributed by atoms with van der Waals surface area (Å²) in [5.74, 6) is -2.74. The van der Waals surface area contributed by atoms with Crippen LogP contribution in [-0.4, -0.2) is 21.0 Å². The maximum Gasteiger partial charge on any atom is 0.437 e. The fraction of sp³-hybridized carbons (Fsp3) is 1.00. The van der Waals surface area contributed by atoms with Crippen LogP contribution in [0.3, 0.4) is 0 Å². The molecule has 0 unspecified atom stereocenters. The van der Waals surface area contributed by atoms with Crippen molar-refractivity contribution < 1.29 is 15.1 Å². The predicted molar refractivity (Wildman–Crippen MR) is 79.9 cm³/mol. The van der Waals surface area contributed by atoms with Gasteiger partial charge in [-0.15, -0.1) is 0 Å². The van der Waals surface area contributed by atoms with Crippen LogP contribution >= 0.6 is 0 Å². The van der Waals surface area contributed by atoms with Gasteiger partial charge >= 0.3 is 5.91 Å². The number of rotatable bonds is 14. The Morgan fingerprint density at radius 1 is 0.800 bits per heavy atom. The van der Waals surface area contributed by atoms with Gasteiger partial charge in [0.25, 0.3) is 0 Å². The van der Waals surface area contributed by atoms with Crippen LogP contribution in [0.4, 0.5) is 0 Å². The maximum absolute atomic E-state index is 10.3. The molecule has 0 saturated heterocycles. The third kappa shape index (κ3) is 11.2. The Morgan fingerprint density at radius 3 is 1.50 bits per heavy atom. The summed E-state index contributed by atoms with van der Waals surface area (Å²) in [5, 5.41) is 28.3. The normalized spacial score (nSPS) is 11.8. The van der Waals surface area contributed by atoms with E-state index in [4.69, 9.17) is 10.2 Å². The van der Waals surface area contributed by atoms with Gasteiger partial charge in [-0.1, -0.05) is 77.6 Å². The van der Waals surface area contributed by atoms with E-state index >= 15 is 0 Å². The lowest BCUT2D eigenvalue weighted by atomic mass is 10.0. The number of nitrogens with zero attached hydrogens (tertiary/aromatic N) is 1. The van der Waals surface area contributed by atoms with E-state index in [9.17, 15) is 10.1 Å². The molecule has 20 heavy (non-hydrogen) atoms. The van der Waals surface area contributed by atoms with Crippen LogP contribution in [0.15, 0.2) is 0 Å². The predicted octanol–water partition coefficient (Wildman–Crippen LogP) is 3.99. The molecule has 0 amide bonds. The molecule has 0 aliphatic heterocycles. The summed E-state index contributed by atoms with van der Waals surface area (Å²) >= 11 is 0. The van der Waals surface area contributed by atoms with E-state index in [-0.39, 0.29) is 6.42 Å². The lowest BCUT2D eigenvalue weighted by Gasteiger charge is -2.11. The molecule has 0 saturated carbocycles. The number of nitro groups is 1. The molecule has 0 heterocycles. The van der Waals surface area contributed by atoms with Crippen LogP contribution in [0.1, 0.15) is 90.4 Å². The van der Waals surface area contributed by atoms with E-state index in [2.05, 4.69) is 6.92 Å². The van der Waals surface area contributed by atoms with Gasteiger partial charge in [0.15, 0.2) is 0 Å². The quantitative estimate of drug-likeness (QED) is 0.219. The second kappa shape index (κ2) is 12.1. The highest BCUT2D eigenvalue weighted by atomic mass is 16.7. The standard InChI is InChI=1S/C15H31NO4/c1-2-3-4-5-6-7-8-9-10-11-12-13-14-15(17,18)16(19)20/h17-18H,2-14H2,1H3. The summed E-state index contributed by atoms with van der Waals surface area (Å²) in [6.45, 7) is 2.23. The highest BCUT2D eigenvalue weighted by molar-refractivity contribution is 4.52. The average Bonchev–Trinajstić information content (AvgIpc) is 2.39. The SMILES string of the molecule is CCCCCCCCCCCCCCC(O)(O)[N+](=O)[O-]. The van der Waals surface area contributed by atoms with Gasteiger partial charge in [0.1, 0.15) is 0 Å². The van der Waals surface area contributed by atoms with Crippen molar-refractivity contribution in [3.05, 3.63) is 10.1 Å². The second-order valence-corrected chi connectivity index (χ2v) is 5.67. The minimum atomic E-state index is -2.74. The van der Waals surface area contributed by atoms with Gasteiger partial charge in [-0.3, -0.25) is 10.1 Å². The monoisotopic (exact) mass is 289 g/mol. The first-order valence-electron chi connectivity index (χ1n) is 8.10. The van der Waals surface area contributed by atoms with Crippen LogP contribution in [-0.2, 0) is 0 Å². The molecule has 5 nitrogen and oxygen atoms in total. The first-order chi connectivity index (χ1) is 9.50. The number of hydrogen-bond donors (Lipinski definition) is 2. The number of hydrogen-bond acceptors (Lipinski definition) is 4. The van der Waals surface area contributed by atoms with E-state index < -0.39 is 10.8 Å². The molecule has 0 rings (SSSR count). The van der Waals surface area contributed by atoms with Crippen molar-refractivity contribution in [3.63, 3.8) is 0 Å². The van der Waals surface area contributed by atoms with Crippen molar-refractivity contribution in [2.45, 2.75) is 96.3 Å². The van der Waals surface area contributed by atoms with E-state index in [1.165, 1.54) is 51.4 Å². The van der Waals surface area contributed by atoms with Crippen LogP contribution in [0.2, 0.25) is 0 Å². The fourth-order valence-corrected chi connectivity index (χ4v) is 2.29. The minimum absolute atomic E-state index is 0.183. The summed E-state index contributed by atoms with van der Waals surface area (Å²) < 4.78 is 0.